The van der Waals surface area contributed by atoms with Crippen molar-refractivity contribution in [2.75, 3.05) is 0 Å². The van der Waals surface area contributed by atoms with E-state index in [2.05, 4.69) is 29.0 Å². The van der Waals surface area contributed by atoms with Gasteiger partial charge in [-0.3, -0.25) is 0 Å². The Kier molecular flexibility index (Phi) is 7.06. The van der Waals surface area contributed by atoms with Crippen molar-refractivity contribution in [1.82, 2.24) is 0 Å². The molecule has 52 valence electrons. The summed E-state index contributed by atoms with van der Waals surface area (Å²) in [5.74, 6) is 0. The van der Waals surface area contributed by atoms with Crippen LogP contribution in [0.2, 0.25) is 0 Å². The molecule has 11 heavy (non-hydrogen) atoms. The maximum atomic E-state index is 4.99. The van der Waals surface area contributed by atoms with Crippen LogP contribution in [0.15, 0.2) is 24.3 Å². The molecule has 0 saturated carbocycles. The molecular formula is C8H7RbSSe. The minimum Gasteiger partial charge on any atom is 1.00 e. The number of rotatable bonds is 1. The molecule has 3 heteroatoms. The fourth-order valence-electron chi connectivity index (χ4n) is 0.802. The zero-order chi connectivity index (χ0) is 7.56. The van der Waals surface area contributed by atoms with Crippen molar-refractivity contribution >= 4 is 32.0 Å². The van der Waals surface area contributed by atoms with E-state index >= 15 is 0 Å². The number of hydrogen-bond acceptors (Lipinski definition) is 1. The van der Waals surface area contributed by atoms with Crippen molar-refractivity contribution in [2.24, 2.45) is 0 Å². The minimum atomic E-state index is 0. The Morgan fingerprint density at radius 2 is 1.91 bits per heavy atom. The second kappa shape index (κ2) is 6.14. The quantitative estimate of drug-likeness (QED) is 0.466. The van der Waals surface area contributed by atoms with E-state index in [9.17, 15) is 0 Å². The number of benzene rings is 1. The maximum Gasteiger partial charge on any atom is 1.00 e. The summed E-state index contributed by atoms with van der Waals surface area (Å²) in [6, 6.07) is 8.08. The molecule has 0 aliphatic rings. The van der Waals surface area contributed by atoms with Gasteiger partial charge in [0.05, 0.1) is 0 Å². The van der Waals surface area contributed by atoms with E-state index in [4.69, 9.17) is 12.2 Å². The van der Waals surface area contributed by atoms with Crippen LogP contribution in [0.25, 0.3) is 0 Å². The Hall–Kier alpha value is 1.63. The molecule has 0 heterocycles. The van der Waals surface area contributed by atoms with Crippen molar-refractivity contribution in [3.63, 3.8) is 0 Å². The standard InChI is InChI=1S/C8H8SSe.Rb/c1-6-4-2-3-5-7(6)8(9)10;/h2-5H,1H3,(H,9,10);/q;+1/p-1. The van der Waals surface area contributed by atoms with Crippen LogP contribution in [0, 0.1) is 6.92 Å². The van der Waals surface area contributed by atoms with Crippen molar-refractivity contribution < 1.29 is 58.2 Å². The molecule has 0 fully saturated rings. The van der Waals surface area contributed by atoms with Gasteiger partial charge in [-0.15, -0.1) is 0 Å². The Labute approximate surface area is 130 Å². The molecule has 0 saturated heterocycles. The average molecular weight is 300 g/mol. The van der Waals surface area contributed by atoms with Crippen LogP contribution in [0.3, 0.4) is 0 Å². The second-order valence-corrected chi connectivity index (χ2v) is 3.95. The first-order valence-electron chi connectivity index (χ1n) is 2.99. The van der Waals surface area contributed by atoms with E-state index in [-0.39, 0.29) is 58.2 Å². The van der Waals surface area contributed by atoms with Gasteiger partial charge in [0.2, 0.25) is 0 Å². The first kappa shape index (κ1) is 12.6. The molecule has 0 bridgehead atoms. The predicted octanol–water partition coefficient (Wildman–Crippen LogP) is -1.16. The molecule has 0 aliphatic heterocycles. The summed E-state index contributed by atoms with van der Waals surface area (Å²) in [6.45, 7) is 2.05. The fraction of sp³-hybridized carbons (Fsp3) is 0.125. The topological polar surface area (TPSA) is 0 Å². The molecule has 0 amide bonds. The van der Waals surface area contributed by atoms with Gasteiger partial charge in [-0.2, -0.15) is 0 Å². The largest absolute Gasteiger partial charge is 1.00 e. The van der Waals surface area contributed by atoms with Crippen molar-refractivity contribution in [2.45, 2.75) is 6.92 Å². The van der Waals surface area contributed by atoms with Crippen molar-refractivity contribution in [1.29, 1.82) is 0 Å². The van der Waals surface area contributed by atoms with E-state index in [0.717, 1.165) is 9.33 Å². The number of aryl methyl sites for hydroxylation is 1. The molecule has 1 rings (SSSR count). The van der Waals surface area contributed by atoms with Gasteiger partial charge in [0, 0.05) is 0 Å². The monoisotopic (exact) mass is 300 g/mol. The van der Waals surface area contributed by atoms with Crippen molar-refractivity contribution in [3.8, 4) is 0 Å². The van der Waals surface area contributed by atoms with E-state index < -0.39 is 0 Å². The third-order valence-corrected chi connectivity index (χ3v) is 2.05. The first-order valence-corrected chi connectivity index (χ1v) is 4.25. The summed E-state index contributed by atoms with van der Waals surface area (Å²) in [6.07, 6.45) is 0. The summed E-state index contributed by atoms with van der Waals surface area (Å²) in [5.41, 5.74) is 2.36. The number of hydrogen-bond donors (Lipinski definition) is 0. The van der Waals surface area contributed by atoms with Gasteiger partial charge in [0.15, 0.2) is 0 Å². The van der Waals surface area contributed by atoms with Gasteiger partial charge in [-0.05, 0) is 0 Å². The Morgan fingerprint density at radius 1 is 1.36 bits per heavy atom. The molecule has 0 N–H and O–H groups in total. The Bertz CT molecular complexity index is 260. The molecule has 0 aromatic heterocycles. The summed E-state index contributed by atoms with van der Waals surface area (Å²) >= 11 is 7.82. The predicted molar refractivity (Wildman–Crippen MR) is 48.6 cm³/mol. The van der Waals surface area contributed by atoms with Crippen LogP contribution < -0.4 is 58.2 Å². The van der Waals surface area contributed by atoms with E-state index in [1.54, 1.807) is 0 Å². The molecular weight excluding hydrogens is 293 g/mol. The molecule has 0 aliphatic carbocycles. The fourth-order valence-corrected chi connectivity index (χ4v) is 1.51. The van der Waals surface area contributed by atoms with Gasteiger partial charge >= 0.3 is 132 Å². The van der Waals surface area contributed by atoms with Crippen LogP contribution in [0.4, 0.5) is 0 Å². The molecule has 1 aromatic rings. The Morgan fingerprint density at radius 3 is 2.27 bits per heavy atom. The normalized spacial score (nSPS) is 8.45. The second-order valence-electron chi connectivity index (χ2n) is 2.10. The van der Waals surface area contributed by atoms with Crippen LogP contribution in [0.1, 0.15) is 11.1 Å². The van der Waals surface area contributed by atoms with Crippen LogP contribution >= 0.6 is 12.2 Å². The molecule has 0 spiro atoms. The van der Waals surface area contributed by atoms with E-state index in [0.29, 0.717) is 0 Å². The van der Waals surface area contributed by atoms with Crippen molar-refractivity contribution in [3.05, 3.63) is 35.4 Å². The van der Waals surface area contributed by atoms with Gasteiger partial charge < -0.3 is 0 Å². The number of thiocarbonyl (C=S) groups is 1. The molecule has 0 unspecified atom stereocenters. The smallest absolute Gasteiger partial charge is 1.00 e. The summed E-state index contributed by atoms with van der Waals surface area (Å²) in [4.78, 5) is 0. The average Bonchev–Trinajstić information content (AvgIpc) is 1.88. The zero-order valence-electron chi connectivity index (χ0n) is 6.63. The summed E-state index contributed by atoms with van der Waals surface area (Å²) < 4.78 is 0.845. The molecule has 0 radical (unpaired) electrons. The minimum absolute atomic E-state index is 0. The maximum absolute atomic E-state index is 4.99. The third kappa shape index (κ3) is 3.90. The molecule has 0 nitrogen and oxygen atoms in total. The van der Waals surface area contributed by atoms with Crippen LogP contribution in [0.5, 0.6) is 0 Å². The van der Waals surface area contributed by atoms with Gasteiger partial charge in [-0.25, -0.2) is 0 Å². The van der Waals surface area contributed by atoms with E-state index in [1.165, 1.54) is 5.56 Å². The zero-order valence-corrected chi connectivity index (χ0v) is 14.1. The van der Waals surface area contributed by atoms with Gasteiger partial charge in [0.25, 0.3) is 0 Å². The van der Waals surface area contributed by atoms with E-state index in [1.807, 2.05) is 18.2 Å². The summed E-state index contributed by atoms with van der Waals surface area (Å²) in [7, 11) is 0. The van der Waals surface area contributed by atoms with Crippen LogP contribution in [-0.4, -0.2) is 19.8 Å². The SMILES string of the molecule is Cc1ccccc1C(=S)[Se-].[Rb+]. The van der Waals surface area contributed by atoms with Crippen LogP contribution in [-0.2, 0) is 0 Å². The molecule has 0 atom stereocenters. The summed E-state index contributed by atoms with van der Waals surface area (Å²) in [5, 5.41) is 0. The molecule has 1 aromatic carbocycles. The van der Waals surface area contributed by atoms with Gasteiger partial charge in [-0.1, -0.05) is 0 Å². The van der Waals surface area contributed by atoms with Gasteiger partial charge in [0.1, 0.15) is 0 Å². The first-order chi connectivity index (χ1) is 4.72. The Balaban J connectivity index is 0.000001000. The third-order valence-electron chi connectivity index (χ3n) is 1.36.